The van der Waals surface area contributed by atoms with Gasteiger partial charge >= 0.3 is 5.97 Å². The maximum Gasteiger partial charge on any atom is 0.341 e. The number of aromatic nitrogens is 1. The van der Waals surface area contributed by atoms with Crippen LogP contribution in [0.1, 0.15) is 24.2 Å². The number of fused-ring (bicyclic) bond motifs is 2. The lowest BCUT2D eigenvalue weighted by atomic mass is 10.1. The van der Waals surface area contributed by atoms with Crippen LogP contribution in [0.15, 0.2) is 53.7 Å². The monoisotopic (exact) mass is 364 g/mol. The Hall–Kier alpha value is -3.28. The van der Waals surface area contributed by atoms with Crippen LogP contribution in [0, 0.1) is 0 Å². The number of aryl methyl sites for hydroxylation is 1. The van der Waals surface area contributed by atoms with Crippen molar-refractivity contribution in [2.24, 2.45) is 4.99 Å². The molecule has 2 aromatic carbocycles. The van der Waals surface area contributed by atoms with Gasteiger partial charge in [0.2, 0.25) is 6.79 Å². The number of para-hydroxylation sites is 1. The summed E-state index contributed by atoms with van der Waals surface area (Å²) in [6.07, 6.45) is 1.80. The number of carbonyl (C=O) groups excluding carboxylic acids is 1. The van der Waals surface area contributed by atoms with E-state index in [1.807, 2.05) is 54.0 Å². The summed E-state index contributed by atoms with van der Waals surface area (Å²) in [4.78, 5) is 17.4. The van der Waals surface area contributed by atoms with E-state index in [4.69, 9.17) is 19.2 Å². The van der Waals surface area contributed by atoms with Crippen LogP contribution in [0.25, 0.3) is 10.9 Å². The van der Waals surface area contributed by atoms with Crippen molar-refractivity contribution < 1.29 is 19.0 Å². The van der Waals surface area contributed by atoms with E-state index >= 15 is 0 Å². The van der Waals surface area contributed by atoms with Crippen molar-refractivity contribution in [3.63, 3.8) is 0 Å². The van der Waals surface area contributed by atoms with E-state index in [9.17, 15) is 4.79 Å². The molecule has 138 valence electrons. The Labute approximate surface area is 156 Å². The van der Waals surface area contributed by atoms with Crippen LogP contribution in [0.5, 0.6) is 11.5 Å². The van der Waals surface area contributed by atoms with Crippen LogP contribution in [0.4, 0.5) is 5.69 Å². The van der Waals surface area contributed by atoms with E-state index < -0.39 is 5.97 Å². The molecule has 0 N–H and O–H groups in total. The number of carbonyl (C=O) groups is 1. The van der Waals surface area contributed by atoms with Crippen molar-refractivity contribution in [2.75, 3.05) is 13.4 Å². The van der Waals surface area contributed by atoms with Gasteiger partial charge in [-0.3, -0.25) is 0 Å². The highest BCUT2D eigenvalue weighted by Crippen LogP contribution is 2.35. The summed E-state index contributed by atoms with van der Waals surface area (Å²) < 4.78 is 18.3. The highest BCUT2D eigenvalue weighted by molar-refractivity contribution is 5.94. The Morgan fingerprint density at radius 2 is 1.89 bits per heavy atom. The number of hydrogen-bond donors (Lipinski definition) is 0. The SMILES string of the molecule is CCOC(=O)c1cn(CC)c2cc3c(cc2c1=Nc1ccccc1)OCO3. The summed E-state index contributed by atoms with van der Waals surface area (Å²) >= 11 is 0. The van der Waals surface area contributed by atoms with Crippen molar-refractivity contribution in [2.45, 2.75) is 20.4 Å². The van der Waals surface area contributed by atoms with Gasteiger partial charge in [-0.1, -0.05) is 18.2 Å². The molecule has 2 heterocycles. The maximum atomic E-state index is 12.6. The molecule has 1 aliphatic rings. The Morgan fingerprint density at radius 3 is 2.59 bits per heavy atom. The average Bonchev–Trinajstić information content (AvgIpc) is 3.15. The zero-order valence-corrected chi connectivity index (χ0v) is 15.3. The fourth-order valence-electron chi connectivity index (χ4n) is 3.16. The van der Waals surface area contributed by atoms with E-state index in [0.717, 1.165) is 16.6 Å². The molecule has 3 aromatic rings. The van der Waals surface area contributed by atoms with Crippen molar-refractivity contribution >= 4 is 22.6 Å². The van der Waals surface area contributed by atoms with Crippen LogP contribution in [-0.4, -0.2) is 23.9 Å². The van der Waals surface area contributed by atoms with Gasteiger partial charge in [0.15, 0.2) is 11.5 Å². The van der Waals surface area contributed by atoms with Gasteiger partial charge < -0.3 is 18.8 Å². The normalized spacial score (nSPS) is 13.2. The minimum absolute atomic E-state index is 0.188. The summed E-state index contributed by atoms with van der Waals surface area (Å²) in [5.41, 5.74) is 2.11. The molecule has 0 spiro atoms. The predicted molar refractivity (Wildman–Crippen MR) is 101 cm³/mol. The van der Waals surface area contributed by atoms with Crippen LogP contribution in [0.2, 0.25) is 0 Å². The number of esters is 1. The van der Waals surface area contributed by atoms with Gasteiger partial charge in [0.25, 0.3) is 0 Å². The number of rotatable bonds is 4. The Balaban J connectivity index is 2.09. The third-order valence-electron chi connectivity index (χ3n) is 4.43. The van der Waals surface area contributed by atoms with E-state index in [1.165, 1.54) is 0 Å². The molecule has 0 saturated heterocycles. The first-order chi connectivity index (χ1) is 13.2. The third-order valence-corrected chi connectivity index (χ3v) is 4.43. The molecule has 0 atom stereocenters. The number of pyridine rings is 1. The molecule has 1 aromatic heterocycles. The molecule has 6 heteroatoms. The van der Waals surface area contributed by atoms with Crippen molar-refractivity contribution in [1.29, 1.82) is 0 Å². The largest absolute Gasteiger partial charge is 0.462 e. The second-order valence-electron chi connectivity index (χ2n) is 6.07. The molecule has 4 rings (SSSR count). The quantitative estimate of drug-likeness (QED) is 0.661. The molecular weight excluding hydrogens is 344 g/mol. The summed E-state index contributed by atoms with van der Waals surface area (Å²) in [5.74, 6) is 0.948. The minimum atomic E-state index is -0.394. The van der Waals surface area contributed by atoms with Gasteiger partial charge in [-0.25, -0.2) is 9.79 Å². The molecule has 0 fully saturated rings. The zero-order chi connectivity index (χ0) is 18.8. The second-order valence-corrected chi connectivity index (χ2v) is 6.07. The molecule has 0 radical (unpaired) electrons. The molecule has 0 bridgehead atoms. The Bertz CT molecular complexity index is 1070. The Kier molecular flexibility index (Phi) is 4.54. The van der Waals surface area contributed by atoms with Gasteiger partial charge in [-0.2, -0.15) is 0 Å². The third kappa shape index (κ3) is 3.14. The maximum absolute atomic E-state index is 12.6. The first-order valence-corrected chi connectivity index (χ1v) is 8.95. The minimum Gasteiger partial charge on any atom is -0.462 e. The summed E-state index contributed by atoms with van der Waals surface area (Å²) in [6.45, 7) is 4.99. The molecule has 0 amide bonds. The number of ether oxygens (including phenoxy) is 3. The summed E-state index contributed by atoms with van der Waals surface area (Å²) in [7, 11) is 0. The molecule has 0 saturated carbocycles. The van der Waals surface area contributed by atoms with Crippen LogP contribution >= 0.6 is 0 Å². The van der Waals surface area contributed by atoms with Gasteiger partial charge in [0.05, 0.1) is 23.2 Å². The lowest BCUT2D eigenvalue weighted by Crippen LogP contribution is -2.22. The van der Waals surface area contributed by atoms with E-state index in [2.05, 4.69) is 0 Å². The van der Waals surface area contributed by atoms with Crippen molar-refractivity contribution in [1.82, 2.24) is 4.57 Å². The number of nitrogens with zero attached hydrogens (tertiary/aromatic N) is 2. The fourth-order valence-corrected chi connectivity index (χ4v) is 3.16. The molecule has 6 nitrogen and oxygen atoms in total. The number of hydrogen-bond acceptors (Lipinski definition) is 5. The average molecular weight is 364 g/mol. The summed E-state index contributed by atoms with van der Waals surface area (Å²) in [6, 6.07) is 13.4. The van der Waals surface area contributed by atoms with E-state index in [-0.39, 0.29) is 6.79 Å². The molecular formula is C21H20N2O4. The smallest absolute Gasteiger partial charge is 0.341 e. The highest BCUT2D eigenvalue weighted by atomic mass is 16.7. The first kappa shape index (κ1) is 17.1. The van der Waals surface area contributed by atoms with Gasteiger partial charge in [-0.05, 0) is 32.0 Å². The molecule has 1 aliphatic heterocycles. The zero-order valence-electron chi connectivity index (χ0n) is 15.3. The highest BCUT2D eigenvalue weighted by Gasteiger charge is 2.20. The van der Waals surface area contributed by atoms with Crippen LogP contribution in [0.3, 0.4) is 0 Å². The van der Waals surface area contributed by atoms with Crippen molar-refractivity contribution in [3.8, 4) is 11.5 Å². The van der Waals surface area contributed by atoms with Gasteiger partial charge in [-0.15, -0.1) is 0 Å². The predicted octanol–water partition coefficient (Wildman–Crippen LogP) is 3.80. The van der Waals surface area contributed by atoms with Gasteiger partial charge in [0.1, 0.15) is 5.56 Å². The van der Waals surface area contributed by atoms with Crippen LogP contribution < -0.4 is 14.8 Å². The molecule has 27 heavy (non-hydrogen) atoms. The topological polar surface area (TPSA) is 62.1 Å². The second kappa shape index (κ2) is 7.15. The summed E-state index contributed by atoms with van der Waals surface area (Å²) in [5, 5.41) is 1.38. The van der Waals surface area contributed by atoms with Crippen LogP contribution in [-0.2, 0) is 11.3 Å². The Morgan fingerprint density at radius 1 is 1.15 bits per heavy atom. The van der Waals surface area contributed by atoms with Gasteiger partial charge in [0, 0.05) is 24.2 Å². The van der Waals surface area contributed by atoms with E-state index in [0.29, 0.717) is 35.6 Å². The lowest BCUT2D eigenvalue weighted by Gasteiger charge is -2.14. The molecule has 0 aliphatic carbocycles. The lowest BCUT2D eigenvalue weighted by molar-refractivity contribution is 0.0524. The van der Waals surface area contributed by atoms with Crippen molar-refractivity contribution in [3.05, 3.63) is 59.6 Å². The fraction of sp³-hybridized carbons (Fsp3) is 0.238. The first-order valence-electron chi connectivity index (χ1n) is 8.95. The molecule has 0 unspecified atom stereocenters. The standard InChI is InChI=1S/C21H20N2O4/c1-3-23-12-16(21(24)25-4-2)20(22-14-8-6-5-7-9-14)15-10-18-19(11-17(15)23)27-13-26-18/h5-12H,3-4,13H2,1-2H3. The number of benzene rings is 2. The van der Waals surface area contributed by atoms with E-state index in [1.54, 1.807) is 13.1 Å².